The van der Waals surface area contributed by atoms with Crippen molar-refractivity contribution in [3.8, 4) is 17.2 Å². The van der Waals surface area contributed by atoms with E-state index < -0.39 is 0 Å². The monoisotopic (exact) mass is 195 g/mol. The van der Waals surface area contributed by atoms with Crippen molar-refractivity contribution in [2.24, 2.45) is 5.73 Å². The standard InChI is InChI=1S/C10H13NO3/c1-6(4-11)7-2-8(12)10-9(3-7)13-5-14-10/h2-3,6,12H,4-5,11H2,1H3. The number of fused-ring (bicyclic) bond motifs is 1. The van der Waals surface area contributed by atoms with Crippen LogP contribution >= 0.6 is 0 Å². The number of benzene rings is 1. The minimum absolute atomic E-state index is 0.121. The molecule has 1 unspecified atom stereocenters. The summed E-state index contributed by atoms with van der Waals surface area (Å²) in [7, 11) is 0. The fraction of sp³-hybridized carbons (Fsp3) is 0.400. The van der Waals surface area contributed by atoms with Crippen molar-refractivity contribution in [3.63, 3.8) is 0 Å². The van der Waals surface area contributed by atoms with E-state index in [-0.39, 0.29) is 18.5 Å². The molecule has 14 heavy (non-hydrogen) atoms. The summed E-state index contributed by atoms with van der Waals surface area (Å²) in [6.07, 6.45) is 0. The molecule has 0 saturated carbocycles. The summed E-state index contributed by atoms with van der Waals surface area (Å²) < 4.78 is 10.3. The van der Waals surface area contributed by atoms with Gasteiger partial charge in [0.25, 0.3) is 0 Å². The van der Waals surface area contributed by atoms with E-state index in [1.807, 2.05) is 13.0 Å². The van der Waals surface area contributed by atoms with Gasteiger partial charge in [-0.2, -0.15) is 0 Å². The Hall–Kier alpha value is -1.42. The molecule has 4 heteroatoms. The molecule has 1 heterocycles. The highest BCUT2D eigenvalue weighted by Gasteiger charge is 2.20. The third-order valence-electron chi connectivity index (χ3n) is 2.40. The van der Waals surface area contributed by atoms with Crippen molar-refractivity contribution >= 4 is 0 Å². The maximum atomic E-state index is 9.61. The number of rotatable bonds is 2. The van der Waals surface area contributed by atoms with Crippen molar-refractivity contribution in [2.75, 3.05) is 13.3 Å². The second kappa shape index (κ2) is 3.38. The molecule has 2 rings (SSSR count). The van der Waals surface area contributed by atoms with Crippen LogP contribution in [0.2, 0.25) is 0 Å². The lowest BCUT2D eigenvalue weighted by Crippen LogP contribution is -2.08. The van der Waals surface area contributed by atoms with Gasteiger partial charge in [-0.15, -0.1) is 0 Å². The SMILES string of the molecule is CC(CN)c1cc(O)c2c(c1)OCO2. The normalized spacial score (nSPS) is 15.6. The largest absolute Gasteiger partial charge is 0.504 e. The van der Waals surface area contributed by atoms with Crippen molar-refractivity contribution in [2.45, 2.75) is 12.8 Å². The van der Waals surface area contributed by atoms with Gasteiger partial charge < -0.3 is 20.3 Å². The van der Waals surface area contributed by atoms with Crippen LogP contribution < -0.4 is 15.2 Å². The van der Waals surface area contributed by atoms with E-state index in [9.17, 15) is 5.11 Å². The Morgan fingerprint density at radius 3 is 3.00 bits per heavy atom. The number of phenols is 1. The minimum Gasteiger partial charge on any atom is -0.504 e. The molecule has 1 aliphatic heterocycles. The van der Waals surface area contributed by atoms with Crippen LogP contribution in [0.5, 0.6) is 17.2 Å². The highest BCUT2D eigenvalue weighted by molar-refractivity contribution is 5.54. The third-order valence-corrected chi connectivity index (χ3v) is 2.40. The molecule has 76 valence electrons. The molecule has 1 aromatic rings. The van der Waals surface area contributed by atoms with E-state index in [1.54, 1.807) is 6.07 Å². The van der Waals surface area contributed by atoms with Crippen molar-refractivity contribution in [1.29, 1.82) is 0 Å². The van der Waals surface area contributed by atoms with Crippen LogP contribution in [-0.2, 0) is 0 Å². The first kappa shape index (κ1) is 9.15. The van der Waals surface area contributed by atoms with Gasteiger partial charge in [0.2, 0.25) is 12.5 Å². The maximum Gasteiger partial charge on any atom is 0.231 e. The molecule has 0 fully saturated rings. The topological polar surface area (TPSA) is 64.7 Å². The Morgan fingerprint density at radius 1 is 1.50 bits per heavy atom. The molecule has 0 radical (unpaired) electrons. The summed E-state index contributed by atoms with van der Waals surface area (Å²) >= 11 is 0. The molecule has 4 nitrogen and oxygen atoms in total. The van der Waals surface area contributed by atoms with Gasteiger partial charge in [-0.25, -0.2) is 0 Å². The van der Waals surface area contributed by atoms with Gasteiger partial charge in [0.1, 0.15) is 0 Å². The number of hydrogen-bond acceptors (Lipinski definition) is 4. The molecular formula is C10H13NO3. The van der Waals surface area contributed by atoms with Crippen LogP contribution in [0.15, 0.2) is 12.1 Å². The van der Waals surface area contributed by atoms with E-state index >= 15 is 0 Å². The molecule has 0 aromatic heterocycles. The number of aromatic hydroxyl groups is 1. The summed E-state index contributed by atoms with van der Waals surface area (Å²) in [6.45, 7) is 2.71. The van der Waals surface area contributed by atoms with Crippen molar-refractivity contribution in [1.82, 2.24) is 0 Å². The number of phenolic OH excluding ortho intramolecular Hbond substituents is 1. The molecule has 1 atom stereocenters. The van der Waals surface area contributed by atoms with Gasteiger partial charge in [-0.1, -0.05) is 6.92 Å². The first-order valence-corrected chi connectivity index (χ1v) is 4.55. The van der Waals surface area contributed by atoms with Crippen LogP contribution in [0, 0.1) is 0 Å². The maximum absolute atomic E-state index is 9.61. The van der Waals surface area contributed by atoms with Gasteiger partial charge in [0.15, 0.2) is 11.5 Å². The van der Waals surface area contributed by atoms with Crippen LogP contribution in [0.3, 0.4) is 0 Å². The predicted molar refractivity (Wildman–Crippen MR) is 51.7 cm³/mol. The first-order valence-electron chi connectivity index (χ1n) is 4.55. The van der Waals surface area contributed by atoms with Crippen molar-refractivity contribution in [3.05, 3.63) is 17.7 Å². The average molecular weight is 195 g/mol. The molecule has 1 aliphatic rings. The smallest absolute Gasteiger partial charge is 0.231 e. The Labute approximate surface area is 82.2 Å². The molecule has 0 amide bonds. The van der Waals surface area contributed by atoms with Gasteiger partial charge in [-0.05, 0) is 30.2 Å². The first-order chi connectivity index (χ1) is 6.72. The summed E-state index contributed by atoms with van der Waals surface area (Å²) in [5, 5.41) is 9.61. The molecule has 3 N–H and O–H groups in total. The molecular weight excluding hydrogens is 182 g/mol. The molecule has 0 spiro atoms. The second-order valence-electron chi connectivity index (χ2n) is 3.41. The Balaban J connectivity index is 2.41. The zero-order valence-electron chi connectivity index (χ0n) is 7.99. The fourth-order valence-corrected chi connectivity index (χ4v) is 1.43. The molecule has 0 bridgehead atoms. The zero-order valence-corrected chi connectivity index (χ0v) is 7.99. The van der Waals surface area contributed by atoms with E-state index in [1.165, 1.54) is 0 Å². The number of hydrogen-bond donors (Lipinski definition) is 2. The highest BCUT2D eigenvalue weighted by atomic mass is 16.7. The van der Waals surface area contributed by atoms with Crippen LogP contribution in [0.4, 0.5) is 0 Å². The second-order valence-corrected chi connectivity index (χ2v) is 3.41. The van der Waals surface area contributed by atoms with Gasteiger partial charge in [0.05, 0.1) is 0 Å². The van der Waals surface area contributed by atoms with E-state index in [2.05, 4.69) is 0 Å². The van der Waals surface area contributed by atoms with Gasteiger partial charge in [-0.3, -0.25) is 0 Å². The Bertz CT molecular complexity index is 351. The van der Waals surface area contributed by atoms with Crippen molar-refractivity contribution < 1.29 is 14.6 Å². The van der Waals surface area contributed by atoms with Gasteiger partial charge in [0, 0.05) is 0 Å². The summed E-state index contributed by atoms with van der Waals surface area (Å²) in [5.41, 5.74) is 6.51. The quantitative estimate of drug-likeness (QED) is 0.743. The predicted octanol–water partition coefficient (Wildman–Crippen LogP) is 1.18. The van der Waals surface area contributed by atoms with Crippen LogP contribution in [0.1, 0.15) is 18.4 Å². The summed E-state index contributed by atoms with van der Waals surface area (Å²) in [5.74, 6) is 1.35. The lowest BCUT2D eigenvalue weighted by molar-refractivity contribution is 0.171. The lowest BCUT2D eigenvalue weighted by Gasteiger charge is -2.10. The van der Waals surface area contributed by atoms with Gasteiger partial charge >= 0.3 is 0 Å². The zero-order chi connectivity index (χ0) is 10.1. The molecule has 0 aliphatic carbocycles. The van der Waals surface area contributed by atoms with E-state index in [0.717, 1.165) is 5.56 Å². The van der Waals surface area contributed by atoms with Crippen LogP contribution in [-0.4, -0.2) is 18.4 Å². The van der Waals surface area contributed by atoms with E-state index in [0.29, 0.717) is 18.0 Å². The lowest BCUT2D eigenvalue weighted by atomic mass is 10.0. The summed E-state index contributed by atoms with van der Waals surface area (Å²) in [4.78, 5) is 0. The molecule has 0 saturated heterocycles. The minimum atomic E-state index is 0.121. The van der Waals surface area contributed by atoms with Crippen LogP contribution in [0.25, 0.3) is 0 Å². The molecule has 1 aromatic carbocycles. The summed E-state index contributed by atoms with van der Waals surface area (Å²) in [6, 6.07) is 3.53. The highest BCUT2D eigenvalue weighted by Crippen LogP contribution is 2.42. The fourth-order valence-electron chi connectivity index (χ4n) is 1.43. The van der Waals surface area contributed by atoms with E-state index in [4.69, 9.17) is 15.2 Å². The number of nitrogens with two attached hydrogens (primary N) is 1. The average Bonchev–Trinajstić information content (AvgIpc) is 2.64. The third kappa shape index (κ3) is 1.37. The Kier molecular flexibility index (Phi) is 2.21. The number of ether oxygens (including phenoxy) is 2. The Morgan fingerprint density at radius 2 is 2.29 bits per heavy atom.